The van der Waals surface area contributed by atoms with Crippen LogP contribution in [0.2, 0.25) is 5.02 Å². The minimum absolute atomic E-state index is 0.0909. The molecule has 1 aliphatic rings. The maximum Gasteiger partial charge on any atom is 0.322 e. The minimum atomic E-state index is -0.0909. The highest BCUT2D eigenvalue weighted by Gasteiger charge is 2.22. The number of carbonyl (C=O) groups excluding carboxylic acids is 1. The van der Waals surface area contributed by atoms with Crippen LogP contribution in [0, 0.1) is 0 Å². The third-order valence-electron chi connectivity index (χ3n) is 3.67. The second-order valence-electron chi connectivity index (χ2n) is 5.10. The van der Waals surface area contributed by atoms with Gasteiger partial charge in [-0.1, -0.05) is 23.7 Å². The fourth-order valence-electron chi connectivity index (χ4n) is 2.50. The Kier molecular flexibility index (Phi) is 4.44. The van der Waals surface area contributed by atoms with Crippen LogP contribution in [-0.2, 0) is 0 Å². The number of anilines is 2. The first-order valence-corrected chi connectivity index (χ1v) is 7.57. The van der Waals surface area contributed by atoms with Crippen LogP contribution in [0.1, 0.15) is 0 Å². The van der Waals surface area contributed by atoms with E-state index in [0.29, 0.717) is 18.8 Å². The van der Waals surface area contributed by atoms with E-state index in [4.69, 9.17) is 11.6 Å². The molecule has 0 unspecified atom stereocenters. The molecule has 2 aromatic rings. The number of nitrogens with one attached hydrogen (secondary N) is 1. The van der Waals surface area contributed by atoms with Gasteiger partial charge in [0.2, 0.25) is 0 Å². The number of para-hydroxylation sites is 1. The van der Waals surface area contributed by atoms with Crippen molar-refractivity contribution in [1.29, 1.82) is 0 Å². The van der Waals surface area contributed by atoms with Gasteiger partial charge in [-0.25, -0.2) is 4.79 Å². The Labute approximate surface area is 134 Å². The maximum absolute atomic E-state index is 12.2. The van der Waals surface area contributed by atoms with Gasteiger partial charge in [-0.15, -0.1) is 0 Å². The van der Waals surface area contributed by atoms with Gasteiger partial charge in [0.1, 0.15) is 0 Å². The third kappa shape index (κ3) is 3.31. The number of pyridine rings is 1. The van der Waals surface area contributed by atoms with Crippen molar-refractivity contribution >= 4 is 29.0 Å². The van der Waals surface area contributed by atoms with E-state index in [1.807, 2.05) is 30.3 Å². The number of carbonyl (C=O) groups is 1. The van der Waals surface area contributed by atoms with E-state index in [1.165, 1.54) is 0 Å². The molecule has 5 nitrogen and oxygen atoms in total. The molecule has 1 aliphatic heterocycles. The van der Waals surface area contributed by atoms with Crippen LogP contribution < -0.4 is 10.2 Å². The lowest BCUT2D eigenvalue weighted by molar-refractivity contribution is 0.208. The average molecular weight is 317 g/mol. The number of benzene rings is 1. The summed E-state index contributed by atoms with van der Waals surface area (Å²) in [5.74, 6) is 0. The molecule has 0 aliphatic carbocycles. The molecule has 2 amide bonds. The van der Waals surface area contributed by atoms with Gasteiger partial charge in [0.05, 0.1) is 22.6 Å². The van der Waals surface area contributed by atoms with Crippen molar-refractivity contribution in [2.75, 3.05) is 36.4 Å². The average Bonchev–Trinajstić information content (AvgIpc) is 2.56. The maximum atomic E-state index is 12.2. The summed E-state index contributed by atoms with van der Waals surface area (Å²) in [5, 5.41) is 3.60. The largest absolute Gasteiger partial charge is 0.367 e. The number of rotatable bonds is 2. The van der Waals surface area contributed by atoms with Crippen LogP contribution in [0.5, 0.6) is 0 Å². The molecule has 1 saturated heterocycles. The van der Waals surface area contributed by atoms with Gasteiger partial charge in [-0.05, 0) is 24.3 Å². The van der Waals surface area contributed by atoms with Crippen LogP contribution in [0.4, 0.5) is 16.2 Å². The molecule has 3 rings (SSSR count). The van der Waals surface area contributed by atoms with Gasteiger partial charge in [-0.3, -0.25) is 4.98 Å². The monoisotopic (exact) mass is 316 g/mol. The molecule has 0 bridgehead atoms. The van der Waals surface area contributed by atoms with E-state index in [1.54, 1.807) is 23.4 Å². The van der Waals surface area contributed by atoms with Gasteiger partial charge in [0, 0.05) is 32.4 Å². The lowest BCUT2D eigenvalue weighted by atomic mass is 10.2. The topological polar surface area (TPSA) is 48.5 Å². The zero-order valence-corrected chi connectivity index (χ0v) is 12.8. The molecule has 2 heterocycles. The normalized spacial score (nSPS) is 14.8. The number of amides is 2. The molecule has 0 spiro atoms. The van der Waals surface area contributed by atoms with Crippen LogP contribution in [-0.4, -0.2) is 42.1 Å². The third-order valence-corrected chi connectivity index (χ3v) is 3.99. The van der Waals surface area contributed by atoms with Crippen molar-refractivity contribution < 1.29 is 4.79 Å². The van der Waals surface area contributed by atoms with E-state index >= 15 is 0 Å². The van der Waals surface area contributed by atoms with Crippen molar-refractivity contribution in [3.05, 3.63) is 53.8 Å². The van der Waals surface area contributed by atoms with E-state index in [-0.39, 0.29) is 6.03 Å². The highest BCUT2D eigenvalue weighted by molar-refractivity contribution is 6.33. The fourth-order valence-corrected chi connectivity index (χ4v) is 2.75. The number of hydrogen-bond acceptors (Lipinski definition) is 3. The summed E-state index contributed by atoms with van der Waals surface area (Å²) >= 11 is 6.22. The van der Waals surface area contributed by atoms with Crippen molar-refractivity contribution in [3.63, 3.8) is 0 Å². The van der Waals surface area contributed by atoms with E-state index in [9.17, 15) is 4.79 Å². The predicted octanol–water partition coefficient (Wildman–Crippen LogP) is 3.09. The summed E-state index contributed by atoms with van der Waals surface area (Å²) in [4.78, 5) is 20.2. The molecule has 6 heteroatoms. The molecule has 1 aromatic heterocycles. The zero-order valence-electron chi connectivity index (χ0n) is 12.1. The lowest BCUT2D eigenvalue weighted by Gasteiger charge is -2.36. The first kappa shape index (κ1) is 14.7. The molecule has 0 saturated carbocycles. The highest BCUT2D eigenvalue weighted by Crippen LogP contribution is 2.26. The van der Waals surface area contributed by atoms with Crippen LogP contribution >= 0.6 is 11.6 Å². The molecule has 1 aromatic carbocycles. The summed E-state index contributed by atoms with van der Waals surface area (Å²) in [7, 11) is 0. The molecule has 1 fully saturated rings. The Morgan fingerprint density at radius 2 is 1.86 bits per heavy atom. The Morgan fingerprint density at radius 3 is 2.55 bits per heavy atom. The summed E-state index contributed by atoms with van der Waals surface area (Å²) in [6.45, 7) is 2.86. The SMILES string of the molecule is O=C(Nc1cccnc1)N1CCN(c2ccccc2Cl)CC1. The second kappa shape index (κ2) is 6.66. The Hall–Kier alpha value is -2.27. The first-order valence-electron chi connectivity index (χ1n) is 7.19. The van der Waals surface area contributed by atoms with Gasteiger partial charge in [0.25, 0.3) is 0 Å². The van der Waals surface area contributed by atoms with Crippen LogP contribution in [0.15, 0.2) is 48.8 Å². The molecular weight excluding hydrogens is 300 g/mol. The van der Waals surface area contributed by atoms with Crippen molar-refractivity contribution in [3.8, 4) is 0 Å². The Balaban J connectivity index is 1.58. The molecule has 0 atom stereocenters. The van der Waals surface area contributed by atoms with Crippen molar-refractivity contribution in [2.45, 2.75) is 0 Å². The molecule has 1 N–H and O–H groups in total. The van der Waals surface area contributed by atoms with E-state index in [2.05, 4.69) is 15.2 Å². The Morgan fingerprint density at radius 1 is 1.09 bits per heavy atom. The summed E-state index contributed by atoms with van der Waals surface area (Å²) in [5.41, 5.74) is 1.73. The van der Waals surface area contributed by atoms with Gasteiger partial charge >= 0.3 is 6.03 Å². The summed E-state index contributed by atoms with van der Waals surface area (Å²) < 4.78 is 0. The summed E-state index contributed by atoms with van der Waals surface area (Å²) in [6, 6.07) is 11.3. The second-order valence-corrected chi connectivity index (χ2v) is 5.50. The number of hydrogen-bond donors (Lipinski definition) is 1. The quantitative estimate of drug-likeness (QED) is 0.926. The molecule has 114 valence electrons. The van der Waals surface area contributed by atoms with E-state index < -0.39 is 0 Å². The van der Waals surface area contributed by atoms with Crippen molar-refractivity contribution in [2.24, 2.45) is 0 Å². The fraction of sp³-hybridized carbons (Fsp3) is 0.250. The lowest BCUT2D eigenvalue weighted by Crippen LogP contribution is -2.50. The summed E-state index contributed by atoms with van der Waals surface area (Å²) in [6.07, 6.45) is 3.32. The van der Waals surface area contributed by atoms with Crippen molar-refractivity contribution in [1.82, 2.24) is 9.88 Å². The number of piperazine rings is 1. The minimum Gasteiger partial charge on any atom is -0.367 e. The number of urea groups is 1. The highest BCUT2D eigenvalue weighted by atomic mass is 35.5. The number of aromatic nitrogens is 1. The molecular formula is C16H17ClN4O. The van der Waals surface area contributed by atoms with Gasteiger partial charge < -0.3 is 15.1 Å². The zero-order chi connectivity index (χ0) is 15.4. The van der Waals surface area contributed by atoms with Gasteiger partial charge in [-0.2, -0.15) is 0 Å². The molecule has 0 radical (unpaired) electrons. The molecule has 22 heavy (non-hydrogen) atoms. The Bertz CT molecular complexity index is 642. The first-order chi connectivity index (χ1) is 10.7. The van der Waals surface area contributed by atoms with Crippen LogP contribution in [0.25, 0.3) is 0 Å². The van der Waals surface area contributed by atoms with E-state index in [0.717, 1.165) is 23.8 Å². The standard InChI is InChI=1S/C16H17ClN4O/c17-14-5-1-2-6-15(14)20-8-10-21(11-9-20)16(22)19-13-4-3-7-18-12-13/h1-7,12H,8-11H2,(H,19,22). The predicted molar refractivity (Wildman–Crippen MR) is 88.5 cm³/mol. The van der Waals surface area contributed by atoms with Gasteiger partial charge in [0.15, 0.2) is 0 Å². The smallest absolute Gasteiger partial charge is 0.322 e. The number of nitrogens with zero attached hydrogens (tertiary/aromatic N) is 3. The number of halogens is 1. The van der Waals surface area contributed by atoms with Crippen LogP contribution in [0.3, 0.4) is 0 Å².